The summed E-state index contributed by atoms with van der Waals surface area (Å²) in [5.41, 5.74) is 1.87. The van der Waals surface area contributed by atoms with Gasteiger partial charge in [-0.3, -0.25) is 0 Å². The molecular formula is C50H30O. The van der Waals surface area contributed by atoms with E-state index < -0.39 is 107 Å². The van der Waals surface area contributed by atoms with E-state index in [-0.39, 0.29) is 32.7 Å². The lowest BCUT2D eigenvalue weighted by Gasteiger charge is -2.21. The minimum absolute atomic E-state index is 0.0140. The molecule has 0 aliphatic carbocycles. The van der Waals surface area contributed by atoms with Crippen molar-refractivity contribution in [2.75, 3.05) is 0 Å². The van der Waals surface area contributed by atoms with Crippen molar-refractivity contribution in [2.24, 2.45) is 0 Å². The van der Waals surface area contributed by atoms with Gasteiger partial charge in [0.25, 0.3) is 0 Å². The molecule has 0 amide bonds. The van der Waals surface area contributed by atoms with Crippen molar-refractivity contribution in [1.29, 1.82) is 0 Å². The predicted octanol–water partition coefficient (Wildman–Crippen LogP) is 14.4. The number of benzene rings is 10. The topological polar surface area (TPSA) is 13.1 Å². The summed E-state index contributed by atoms with van der Waals surface area (Å²) in [6, 6.07) is 18.4. The van der Waals surface area contributed by atoms with E-state index in [1.807, 2.05) is 84.9 Å². The summed E-state index contributed by atoms with van der Waals surface area (Å²) < 4.78 is 143. The summed E-state index contributed by atoms with van der Waals surface area (Å²) in [6.45, 7) is 0. The average molecular weight is 662 g/mol. The molecule has 11 rings (SSSR count). The second-order valence-corrected chi connectivity index (χ2v) is 12.5. The minimum Gasteiger partial charge on any atom is -0.456 e. The van der Waals surface area contributed by atoms with E-state index in [4.69, 9.17) is 18.1 Å². The fourth-order valence-electron chi connectivity index (χ4n) is 7.54. The molecule has 0 aliphatic heterocycles. The highest BCUT2D eigenvalue weighted by atomic mass is 16.3. The zero-order chi connectivity index (χ0) is 46.5. The van der Waals surface area contributed by atoms with Crippen LogP contribution in [-0.2, 0) is 0 Å². The summed E-state index contributed by atoms with van der Waals surface area (Å²) in [5.74, 6) is 0. The van der Waals surface area contributed by atoms with Crippen LogP contribution in [0, 0.1) is 0 Å². The predicted molar refractivity (Wildman–Crippen MR) is 218 cm³/mol. The van der Waals surface area contributed by atoms with Crippen LogP contribution >= 0.6 is 0 Å². The van der Waals surface area contributed by atoms with Gasteiger partial charge in [0, 0.05) is 10.8 Å². The fourth-order valence-corrected chi connectivity index (χ4v) is 7.54. The van der Waals surface area contributed by atoms with Crippen LogP contribution in [-0.4, -0.2) is 0 Å². The molecule has 0 fully saturated rings. The summed E-state index contributed by atoms with van der Waals surface area (Å²) >= 11 is 0. The third-order valence-corrected chi connectivity index (χ3v) is 9.77. The monoisotopic (exact) mass is 661 g/mol. The van der Waals surface area contributed by atoms with Gasteiger partial charge < -0.3 is 4.42 Å². The smallest absolute Gasteiger partial charge is 0.136 e. The molecule has 0 bridgehead atoms. The van der Waals surface area contributed by atoms with Gasteiger partial charge in [-0.05, 0) is 118 Å². The fraction of sp³-hybridized carbons (Fsp3) is 0. The highest BCUT2D eigenvalue weighted by molar-refractivity contribution is 6.25. The van der Waals surface area contributed by atoms with Crippen molar-refractivity contribution < 1.29 is 25.0 Å². The standard InChI is InChI=1S/C50H30O/c1-2-15-34-29-45(44(28-33(34)14-1)35-24-26-43-47(30-35)51-46-27-25-32-13-4-6-18-37(32)50(43)46)49-41-21-9-7-19-39(41)48(40-20-8-10-22-42(40)49)38-23-11-16-31-12-3-5-17-36(31)38/h1-30H/i3D,5D,7D,8D,9D,10D,11D,12D,16D,17D,19D,20D,21D,22D,23D. The molecule has 10 aromatic carbocycles. The zero-order valence-electron chi connectivity index (χ0n) is 41.6. The lowest BCUT2D eigenvalue weighted by molar-refractivity contribution is 0.669. The van der Waals surface area contributed by atoms with Crippen LogP contribution in [0.3, 0.4) is 0 Å². The lowest BCUT2D eigenvalue weighted by Crippen LogP contribution is -1.94. The SMILES string of the molecule is [2H]c1c([2H])c([2H])c2c(-c3c4c([2H])c([2H])c([2H])c([2H])c4c(-c4cc5ccccc5cc4-c4ccc5c(c4)oc4ccc6ccccc6c45)c4c([2H])c([2H])c([2H])c([2H])c34)c([2H])c([2H])c([2H])c2c1[2H]. The van der Waals surface area contributed by atoms with E-state index in [0.717, 1.165) is 26.9 Å². The van der Waals surface area contributed by atoms with Crippen LogP contribution in [0.2, 0.25) is 0 Å². The Kier molecular flexibility index (Phi) is 3.70. The molecule has 0 aliphatic rings. The molecular weight excluding hydrogens is 617 g/mol. The molecule has 1 heteroatoms. The summed E-state index contributed by atoms with van der Waals surface area (Å²) in [7, 11) is 0. The van der Waals surface area contributed by atoms with Crippen molar-refractivity contribution in [3.8, 4) is 33.4 Å². The summed E-state index contributed by atoms with van der Waals surface area (Å²) in [5, 5.41) is 3.42. The van der Waals surface area contributed by atoms with Gasteiger partial charge in [-0.2, -0.15) is 0 Å². The number of rotatable bonds is 3. The Morgan fingerprint density at radius 1 is 0.353 bits per heavy atom. The zero-order valence-corrected chi connectivity index (χ0v) is 26.6. The first kappa shape index (κ1) is 17.3. The maximum absolute atomic E-state index is 9.64. The average Bonchev–Trinajstić information content (AvgIpc) is 3.71. The van der Waals surface area contributed by atoms with Gasteiger partial charge >= 0.3 is 0 Å². The molecule has 0 saturated heterocycles. The van der Waals surface area contributed by atoms with E-state index in [1.165, 1.54) is 0 Å². The molecule has 1 aromatic heterocycles. The Hall–Kier alpha value is -6.70. The largest absolute Gasteiger partial charge is 0.456 e. The molecule has 51 heavy (non-hydrogen) atoms. The second kappa shape index (κ2) is 10.9. The Morgan fingerprint density at radius 2 is 0.941 bits per heavy atom. The van der Waals surface area contributed by atoms with Crippen molar-refractivity contribution in [1.82, 2.24) is 0 Å². The summed E-state index contributed by atoms with van der Waals surface area (Å²) in [4.78, 5) is 0. The molecule has 236 valence electrons. The van der Waals surface area contributed by atoms with Crippen LogP contribution in [0.25, 0.3) is 109 Å². The minimum atomic E-state index is -0.764. The maximum Gasteiger partial charge on any atom is 0.136 e. The highest BCUT2D eigenvalue weighted by Gasteiger charge is 2.21. The van der Waals surface area contributed by atoms with E-state index >= 15 is 0 Å². The molecule has 0 unspecified atom stereocenters. The van der Waals surface area contributed by atoms with Gasteiger partial charge in [0.05, 0.1) is 20.6 Å². The van der Waals surface area contributed by atoms with Gasteiger partial charge in [-0.15, -0.1) is 0 Å². The lowest BCUT2D eigenvalue weighted by atomic mass is 9.82. The third-order valence-electron chi connectivity index (χ3n) is 9.77. The third kappa shape index (κ3) is 4.22. The van der Waals surface area contributed by atoms with E-state index in [2.05, 4.69) is 0 Å². The summed E-state index contributed by atoms with van der Waals surface area (Å²) in [6.07, 6.45) is 0. The molecule has 0 N–H and O–H groups in total. The van der Waals surface area contributed by atoms with Crippen molar-refractivity contribution in [3.05, 3.63) is 182 Å². The molecule has 1 heterocycles. The first-order valence-electron chi connectivity index (χ1n) is 23.9. The molecule has 11 aromatic rings. The van der Waals surface area contributed by atoms with E-state index in [1.54, 1.807) is 6.07 Å². The Labute approximate surface area is 315 Å². The van der Waals surface area contributed by atoms with E-state index in [9.17, 15) is 6.85 Å². The van der Waals surface area contributed by atoms with Crippen molar-refractivity contribution >= 4 is 75.8 Å². The van der Waals surface area contributed by atoms with Crippen molar-refractivity contribution in [3.63, 3.8) is 0 Å². The quantitative estimate of drug-likeness (QED) is 0.172. The number of hydrogen-bond donors (Lipinski definition) is 0. The van der Waals surface area contributed by atoms with Crippen LogP contribution in [0.15, 0.2) is 186 Å². The number of furan rings is 1. The van der Waals surface area contributed by atoms with Crippen LogP contribution in [0.1, 0.15) is 20.6 Å². The Balaban J connectivity index is 1.39. The molecule has 0 saturated carbocycles. The first-order chi connectivity index (χ1) is 31.5. The van der Waals surface area contributed by atoms with Crippen LogP contribution < -0.4 is 0 Å². The van der Waals surface area contributed by atoms with Crippen LogP contribution in [0.4, 0.5) is 0 Å². The molecule has 0 atom stereocenters. The van der Waals surface area contributed by atoms with Gasteiger partial charge in [-0.25, -0.2) is 0 Å². The Bertz CT molecular complexity index is 3970. The van der Waals surface area contributed by atoms with Crippen molar-refractivity contribution in [2.45, 2.75) is 0 Å². The van der Waals surface area contributed by atoms with Gasteiger partial charge in [0.1, 0.15) is 11.2 Å². The van der Waals surface area contributed by atoms with Gasteiger partial charge in [0.2, 0.25) is 0 Å². The highest BCUT2D eigenvalue weighted by Crippen LogP contribution is 2.48. The first-order valence-corrected chi connectivity index (χ1v) is 16.4. The number of hydrogen-bond acceptors (Lipinski definition) is 1. The van der Waals surface area contributed by atoms with Crippen LogP contribution in [0.5, 0.6) is 0 Å². The second-order valence-electron chi connectivity index (χ2n) is 12.5. The molecule has 0 radical (unpaired) electrons. The molecule has 0 spiro atoms. The normalized spacial score (nSPS) is 16.0. The van der Waals surface area contributed by atoms with Gasteiger partial charge in [0.15, 0.2) is 0 Å². The Morgan fingerprint density at radius 3 is 1.67 bits per heavy atom. The number of fused-ring (bicyclic) bond motifs is 9. The van der Waals surface area contributed by atoms with E-state index in [0.29, 0.717) is 33.2 Å². The van der Waals surface area contributed by atoms with Gasteiger partial charge in [-0.1, -0.05) is 151 Å². The molecule has 1 nitrogen and oxygen atoms in total. The maximum atomic E-state index is 9.64.